The SMILES string of the molecule is CC(O)C([NH-])C(=O)O.CP(C)C.CP(C)C.CP(C)C.[Ir]. The van der Waals surface area contributed by atoms with Crippen LogP contribution in [0.1, 0.15) is 6.92 Å². The molecule has 0 amide bonds. The summed E-state index contributed by atoms with van der Waals surface area (Å²) in [5.41, 5.74) is 6.63. The maximum absolute atomic E-state index is 9.79. The van der Waals surface area contributed by atoms with Crippen LogP contribution in [0, 0.1) is 0 Å². The molecule has 8 heteroatoms. The number of aliphatic carboxylic acids is 1. The molecule has 0 saturated carbocycles. The first-order valence-corrected chi connectivity index (χ1v) is 14.2. The number of nitrogens with one attached hydrogen (secondary N) is 1. The van der Waals surface area contributed by atoms with Crippen molar-refractivity contribution in [2.75, 3.05) is 60.0 Å². The molecule has 0 aromatic rings. The molecular weight excluding hydrogens is 503 g/mol. The Morgan fingerprint density at radius 2 is 1.00 bits per heavy atom. The Morgan fingerprint density at radius 3 is 1.00 bits per heavy atom. The minimum Gasteiger partial charge on any atom is -0.663 e. The average molecular weight is 539 g/mol. The fraction of sp³-hybridized carbons (Fsp3) is 0.923. The van der Waals surface area contributed by atoms with Gasteiger partial charge < -0.3 is 15.9 Å². The van der Waals surface area contributed by atoms with Gasteiger partial charge in [0.05, 0.1) is 0 Å². The normalized spacial score (nSPS) is 11.8. The molecule has 2 unspecified atom stereocenters. The number of carboxylic acids is 1. The van der Waals surface area contributed by atoms with E-state index >= 15 is 0 Å². The average Bonchev–Trinajstić information content (AvgIpc) is 2.13. The van der Waals surface area contributed by atoms with Gasteiger partial charge in [-0.2, -0.15) is 0 Å². The first kappa shape index (κ1) is 33.8. The predicted octanol–water partition coefficient (Wildman–Crippen LogP) is 3.94. The monoisotopic (exact) mass is 539 g/mol. The van der Waals surface area contributed by atoms with Crippen LogP contribution in [0.3, 0.4) is 0 Å². The summed E-state index contributed by atoms with van der Waals surface area (Å²) in [6.45, 7) is 21.4. The molecule has 0 saturated heterocycles. The Labute approximate surface area is 149 Å². The zero-order valence-corrected chi connectivity index (χ0v) is 20.2. The molecule has 0 rings (SSSR count). The van der Waals surface area contributed by atoms with E-state index in [1.165, 1.54) is 6.92 Å². The molecule has 0 aliphatic heterocycles. The first-order chi connectivity index (χ1) is 8.75. The third-order valence-corrected chi connectivity index (χ3v) is 0.748. The minimum absolute atomic E-state index is 0. The summed E-state index contributed by atoms with van der Waals surface area (Å²) in [5, 5.41) is 16.4. The molecule has 0 heterocycles. The summed E-state index contributed by atoms with van der Waals surface area (Å²) in [6, 6.07) is -1.41. The molecule has 0 fully saturated rings. The van der Waals surface area contributed by atoms with E-state index in [1.54, 1.807) is 0 Å². The maximum Gasteiger partial charge on any atom is 0.287 e. The number of hydrogen-bond acceptors (Lipinski definition) is 2. The minimum atomic E-state index is -1.41. The quantitative estimate of drug-likeness (QED) is 0.523. The van der Waals surface area contributed by atoms with Crippen LogP contribution in [-0.2, 0) is 24.9 Å². The van der Waals surface area contributed by atoms with Gasteiger partial charge in [-0.1, -0.05) is 0 Å². The fourth-order valence-corrected chi connectivity index (χ4v) is 0.206. The van der Waals surface area contributed by atoms with Crippen LogP contribution in [-0.4, -0.2) is 88.3 Å². The summed E-state index contributed by atoms with van der Waals surface area (Å²) < 4.78 is 0. The van der Waals surface area contributed by atoms with Gasteiger partial charge in [-0.05, 0) is 72.9 Å². The molecule has 3 N–H and O–H groups in total. The Kier molecular flexibility index (Phi) is 38.0. The number of carboxylic acid groups (broad SMARTS) is 1. The van der Waals surface area contributed by atoms with Crippen LogP contribution >= 0.6 is 23.8 Å². The van der Waals surface area contributed by atoms with Crippen molar-refractivity contribution >= 4 is 29.7 Å². The third kappa shape index (κ3) is 91.6. The Hall–Kier alpha value is 1.33. The van der Waals surface area contributed by atoms with Crippen molar-refractivity contribution in [1.29, 1.82) is 0 Å². The standard InChI is InChI=1S/C4H8NO3.3C3H9P.Ir/c1-2(6)3(5)4(7)8;3*1-4(2)3;/h2-3,5-6H,1H3,(H,7,8);3*1-3H3;/q-1;;;;. The summed E-state index contributed by atoms with van der Waals surface area (Å²) in [6.07, 6.45) is -1.09. The van der Waals surface area contributed by atoms with Gasteiger partial charge in [0.1, 0.15) is 0 Å². The van der Waals surface area contributed by atoms with Crippen molar-refractivity contribution in [2.45, 2.75) is 19.1 Å². The van der Waals surface area contributed by atoms with E-state index in [2.05, 4.69) is 60.0 Å². The first-order valence-electron chi connectivity index (χ1n) is 6.20. The van der Waals surface area contributed by atoms with E-state index in [1.807, 2.05) is 0 Å². The molecule has 21 heavy (non-hydrogen) atoms. The topological polar surface area (TPSA) is 81.3 Å². The van der Waals surface area contributed by atoms with Gasteiger partial charge in [-0.25, -0.2) is 0 Å². The largest absolute Gasteiger partial charge is 0.663 e. The van der Waals surface area contributed by atoms with E-state index in [-0.39, 0.29) is 20.1 Å². The van der Waals surface area contributed by atoms with Gasteiger partial charge >= 0.3 is 0 Å². The van der Waals surface area contributed by atoms with Crippen LogP contribution in [0.5, 0.6) is 0 Å². The molecular formula is C13H35IrNO3P3-. The van der Waals surface area contributed by atoms with Gasteiger partial charge in [0, 0.05) is 26.2 Å². The van der Waals surface area contributed by atoms with Crippen molar-refractivity contribution in [3.63, 3.8) is 0 Å². The van der Waals surface area contributed by atoms with Gasteiger partial charge in [0.15, 0.2) is 0 Å². The molecule has 0 spiro atoms. The van der Waals surface area contributed by atoms with E-state index in [4.69, 9.17) is 15.9 Å². The zero-order chi connectivity index (χ0) is 17.5. The van der Waals surface area contributed by atoms with Gasteiger partial charge in [0.25, 0.3) is 5.97 Å². The van der Waals surface area contributed by atoms with E-state index in [9.17, 15) is 4.79 Å². The predicted molar refractivity (Wildman–Crippen MR) is 102 cm³/mol. The Morgan fingerprint density at radius 1 is 0.857 bits per heavy atom. The van der Waals surface area contributed by atoms with E-state index in [0.29, 0.717) is 23.8 Å². The molecule has 0 bridgehead atoms. The van der Waals surface area contributed by atoms with E-state index < -0.39 is 18.1 Å². The van der Waals surface area contributed by atoms with Crippen molar-refractivity contribution in [1.82, 2.24) is 0 Å². The molecule has 0 aliphatic rings. The fourth-order valence-electron chi connectivity index (χ4n) is 0.206. The molecule has 1 radical (unpaired) electrons. The molecule has 0 aliphatic carbocycles. The number of hydrogen-bond donors (Lipinski definition) is 2. The summed E-state index contributed by atoms with van der Waals surface area (Å²) in [5.74, 6) is -1.29. The summed E-state index contributed by atoms with van der Waals surface area (Å²) >= 11 is 0. The number of carbonyl (C=O) groups is 1. The van der Waals surface area contributed by atoms with Crippen LogP contribution in [0.15, 0.2) is 0 Å². The van der Waals surface area contributed by atoms with Crippen molar-refractivity contribution < 1.29 is 35.1 Å². The van der Waals surface area contributed by atoms with Crippen molar-refractivity contribution in [3.05, 3.63) is 5.73 Å². The number of rotatable bonds is 2. The summed E-state index contributed by atoms with van der Waals surface area (Å²) in [4.78, 5) is 9.79. The summed E-state index contributed by atoms with van der Waals surface area (Å²) in [7, 11) is 1.14. The second-order valence-electron chi connectivity index (χ2n) is 5.58. The molecule has 2 atom stereocenters. The zero-order valence-electron chi connectivity index (χ0n) is 15.1. The molecule has 0 aromatic heterocycles. The van der Waals surface area contributed by atoms with Crippen LogP contribution < -0.4 is 0 Å². The maximum atomic E-state index is 9.79. The Balaban J connectivity index is -0.0000000570. The van der Waals surface area contributed by atoms with Crippen LogP contribution in [0.2, 0.25) is 0 Å². The van der Waals surface area contributed by atoms with E-state index in [0.717, 1.165) is 0 Å². The van der Waals surface area contributed by atoms with Gasteiger partial charge in [-0.3, -0.25) is 4.79 Å². The smallest absolute Gasteiger partial charge is 0.287 e. The Bertz CT molecular complexity index is 185. The van der Waals surface area contributed by atoms with Crippen LogP contribution in [0.25, 0.3) is 5.73 Å². The second kappa shape index (κ2) is 23.6. The van der Waals surface area contributed by atoms with Crippen molar-refractivity contribution in [3.8, 4) is 0 Å². The molecule has 0 aromatic carbocycles. The third-order valence-electron chi connectivity index (χ3n) is 0.748. The molecule has 135 valence electrons. The van der Waals surface area contributed by atoms with Gasteiger partial charge in [0.2, 0.25) is 0 Å². The number of aliphatic hydroxyl groups is 1. The number of aliphatic hydroxyl groups excluding tert-OH is 1. The molecule has 4 nitrogen and oxygen atoms in total. The van der Waals surface area contributed by atoms with Crippen molar-refractivity contribution in [2.24, 2.45) is 0 Å². The van der Waals surface area contributed by atoms with Crippen LogP contribution in [0.4, 0.5) is 0 Å². The second-order valence-corrected chi connectivity index (χ2v) is 13.6. The van der Waals surface area contributed by atoms with Gasteiger partial charge in [-0.15, -0.1) is 23.8 Å².